The number of methoxy groups -OCH3 is 1. The van der Waals surface area contributed by atoms with Gasteiger partial charge in [-0.05, 0) is 13.3 Å². The molecule has 0 saturated carbocycles. The molecule has 19 heavy (non-hydrogen) atoms. The molecule has 2 atom stereocenters. The average molecular weight is 316 g/mol. The van der Waals surface area contributed by atoms with Crippen LogP contribution in [0.2, 0.25) is 0 Å². The van der Waals surface area contributed by atoms with E-state index in [4.69, 9.17) is 10.5 Å². The zero-order valence-corrected chi connectivity index (χ0v) is 13.6. The van der Waals surface area contributed by atoms with Crippen molar-refractivity contribution in [1.29, 1.82) is 0 Å². The Kier molecular flexibility index (Phi) is 11.9. The molecule has 0 aromatic carbocycles. The molecule has 1 rings (SSSR count). The van der Waals surface area contributed by atoms with Crippen LogP contribution in [0.4, 0.5) is 0 Å². The molecule has 0 spiro atoms. The van der Waals surface area contributed by atoms with Crippen LogP contribution in [-0.4, -0.2) is 67.7 Å². The van der Waals surface area contributed by atoms with Gasteiger partial charge in [0, 0.05) is 39.3 Å². The zero-order valence-electron chi connectivity index (χ0n) is 12.0. The van der Waals surface area contributed by atoms with E-state index in [1.807, 2.05) is 4.90 Å². The van der Waals surface area contributed by atoms with Crippen LogP contribution in [0.15, 0.2) is 0 Å². The van der Waals surface area contributed by atoms with Crippen LogP contribution in [0.25, 0.3) is 0 Å². The minimum Gasteiger partial charge on any atom is -0.383 e. The van der Waals surface area contributed by atoms with Crippen molar-refractivity contribution in [2.24, 2.45) is 5.73 Å². The number of hydrogen-bond donors (Lipinski definition) is 1. The van der Waals surface area contributed by atoms with Gasteiger partial charge < -0.3 is 15.4 Å². The fraction of sp³-hybridized carbons (Fsp3) is 0.917. The number of piperazine rings is 1. The molecule has 1 heterocycles. The summed E-state index contributed by atoms with van der Waals surface area (Å²) in [5.74, 6) is 0.0647. The van der Waals surface area contributed by atoms with Crippen LogP contribution >= 0.6 is 24.8 Å². The third-order valence-corrected chi connectivity index (χ3v) is 3.36. The SMILES string of the molecule is CCC1CN(C(=O)[C@@H](C)N)CCN1CCOC.Cl.Cl. The Hall–Kier alpha value is -0.0700. The highest BCUT2D eigenvalue weighted by Gasteiger charge is 2.29. The largest absolute Gasteiger partial charge is 0.383 e. The number of rotatable bonds is 5. The standard InChI is InChI=1S/C12H25N3O2.2ClH/c1-4-11-9-15(12(16)10(2)13)6-5-14(11)7-8-17-3;;/h10-11H,4-9,13H2,1-3H3;2*1H/t10-,11?;;/m1../s1. The Balaban J connectivity index is 0. The highest BCUT2D eigenvalue weighted by atomic mass is 35.5. The number of hydrogen-bond acceptors (Lipinski definition) is 4. The van der Waals surface area contributed by atoms with E-state index in [2.05, 4.69) is 11.8 Å². The molecule has 1 aliphatic heterocycles. The normalized spacial score (nSPS) is 21.3. The van der Waals surface area contributed by atoms with Gasteiger partial charge >= 0.3 is 0 Å². The molecule has 1 aliphatic rings. The van der Waals surface area contributed by atoms with E-state index in [9.17, 15) is 4.79 Å². The van der Waals surface area contributed by atoms with E-state index in [0.29, 0.717) is 6.04 Å². The number of halogens is 2. The fourth-order valence-corrected chi connectivity index (χ4v) is 2.27. The molecule has 0 aromatic heterocycles. The highest BCUT2D eigenvalue weighted by Crippen LogP contribution is 2.13. The summed E-state index contributed by atoms with van der Waals surface area (Å²) >= 11 is 0. The molecule has 2 N–H and O–H groups in total. The van der Waals surface area contributed by atoms with Crippen molar-refractivity contribution in [1.82, 2.24) is 9.80 Å². The van der Waals surface area contributed by atoms with Crippen LogP contribution in [0.1, 0.15) is 20.3 Å². The fourth-order valence-electron chi connectivity index (χ4n) is 2.27. The van der Waals surface area contributed by atoms with E-state index >= 15 is 0 Å². The quantitative estimate of drug-likeness (QED) is 0.813. The van der Waals surface area contributed by atoms with E-state index in [-0.39, 0.29) is 30.7 Å². The van der Waals surface area contributed by atoms with Crippen molar-refractivity contribution in [3.8, 4) is 0 Å². The first kappa shape index (κ1) is 21.2. The number of ether oxygens (including phenoxy) is 1. The lowest BCUT2D eigenvalue weighted by Gasteiger charge is -2.41. The van der Waals surface area contributed by atoms with Crippen LogP contribution in [0.5, 0.6) is 0 Å². The third kappa shape index (κ3) is 6.27. The second-order valence-electron chi connectivity index (χ2n) is 4.66. The molecule has 0 aromatic rings. The first-order valence-corrected chi connectivity index (χ1v) is 6.37. The summed E-state index contributed by atoms with van der Waals surface area (Å²) in [6, 6.07) is 0.0413. The van der Waals surface area contributed by atoms with Gasteiger partial charge in [-0.2, -0.15) is 0 Å². The van der Waals surface area contributed by atoms with Crippen molar-refractivity contribution < 1.29 is 9.53 Å². The molecule has 7 heteroatoms. The molecule has 1 unspecified atom stereocenters. The summed E-state index contributed by atoms with van der Waals surface area (Å²) in [6.45, 7) is 8.08. The summed E-state index contributed by atoms with van der Waals surface area (Å²) in [7, 11) is 1.72. The lowest BCUT2D eigenvalue weighted by Crippen LogP contribution is -2.57. The highest BCUT2D eigenvalue weighted by molar-refractivity contribution is 5.85. The molecule has 0 bridgehead atoms. The van der Waals surface area contributed by atoms with Gasteiger partial charge in [0.1, 0.15) is 0 Å². The molecule has 1 saturated heterocycles. The number of nitrogens with two attached hydrogens (primary N) is 1. The van der Waals surface area contributed by atoms with Gasteiger partial charge in [-0.1, -0.05) is 6.92 Å². The van der Waals surface area contributed by atoms with Gasteiger partial charge in [0.05, 0.1) is 12.6 Å². The summed E-state index contributed by atoms with van der Waals surface area (Å²) in [5.41, 5.74) is 5.64. The third-order valence-electron chi connectivity index (χ3n) is 3.36. The average Bonchev–Trinajstić information content (AvgIpc) is 2.35. The molecule has 1 amide bonds. The number of amides is 1. The van der Waals surface area contributed by atoms with Crippen molar-refractivity contribution in [3.05, 3.63) is 0 Å². The predicted molar refractivity (Wildman–Crippen MR) is 82.3 cm³/mol. The lowest BCUT2D eigenvalue weighted by atomic mass is 10.1. The van der Waals surface area contributed by atoms with E-state index in [1.54, 1.807) is 14.0 Å². The topological polar surface area (TPSA) is 58.8 Å². The first-order chi connectivity index (χ1) is 8.10. The minimum absolute atomic E-state index is 0. The monoisotopic (exact) mass is 315 g/mol. The van der Waals surface area contributed by atoms with E-state index in [0.717, 1.165) is 39.2 Å². The van der Waals surface area contributed by atoms with Crippen LogP contribution < -0.4 is 5.73 Å². The smallest absolute Gasteiger partial charge is 0.239 e. The molecule has 0 radical (unpaired) electrons. The van der Waals surface area contributed by atoms with Crippen LogP contribution in [0.3, 0.4) is 0 Å². The molecule has 5 nitrogen and oxygen atoms in total. The Morgan fingerprint density at radius 1 is 1.42 bits per heavy atom. The van der Waals surface area contributed by atoms with Gasteiger partial charge in [0.25, 0.3) is 0 Å². The maximum Gasteiger partial charge on any atom is 0.239 e. The van der Waals surface area contributed by atoms with Crippen molar-refractivity contribution in [3.63, 3.8) is 0 Å². The number of nitrogens with zero attached hydrogens (tertiary/aromatic N) is 2. The second-order valence-corrected chi connectivity index (χ2v) is 4.66. The Morgan fingerprint density at radius 3 is 2.53 bits per heavy atom. The van der Waals surface area contributed by atoms with Gasteiger partial charge in [-0.3, -0.25) is 9.69 Å². The Labute approximate surface area is 128 Å². The minimum atomic E-state index is -0.391. The summed E-state index contributed by atoms with van der Waals surface area (Å²) in [6.07, 6.45) is 1.05. The number of carbonyl (C=O) groups excluding carboxylic acids is 1. The van der Waals surface area contributed by atoms with E-state index in [1.165, 1.54) is 0 Å². The number of carbonyl (C=O) groups is 1. The predicted octanol–water partition coefficient (Wildman–Crippen LogP) is 0.746. The summed E-state index contributed by atoms with van der Waals surface area (Å²) in [5, 5.41) is 0. The summed E-state index contributed by atoms with van der Waals surface area (Å²) < 4.78 is 5.11. The van der Waals surface area contributed by atoms with Gasteiger partial charge in [0.15, 0.2) is 0 Å². The zero-order chi connectivity index (χ0) is 12.8. The van der Waals surface area contributed by atoms with Crippen molar-refractivity contribution in [2.45, 2.75) is 32.4 Å². The molecular formula is C12H27Cl2N3O2. The lowest BCUT2D eigenvalue weighted by molar-refractivity contribution is -0.135. The van der Waals surface area contributed by atoms with E-state index < -0.39 is 6.04 Å². The maximum atomic E-state index is 11.8. The Morgan fingerprint density at radius 2 is 2.05 bits per heavy atom. The Bertz CT molecular complexity index is 255. The second kappa shape index (κ2) is 10.7. The maximum absolute atomic E-state index is 11.8. The van der Waals surface area contributed by atoms with Gasteiger partial charge in [-0.25, -0.2) is 0 Å². The van der Waals surface area contributed by atoms with Crippen molar-refractivity contribution >= 4 is 30.7 Å². The van der Waals surface area contributed by atoms with Gasteiger partial charge in [0.2, 0.25) is 5.91 Å². The van der Waals surface area contributed by atoms with Crippen molar-refractivity contribution in [2.75, 3.05) is 39.9 Å². The van der Waals surface area contributed by atoms with Crippen LogP contribution in [0, 0.1) is 0 Å². The molecule has 0 aliphatic carbocycles. The molecular weight excluding hydrogens is 289 g/mol. The first-order valence-electron chi connectivity index (χ1n) is 6.37. The molecule has 116 valence electrons. The van der Waals surface area contributed by atoms with Crippen LogP contribution in [-0.2, 0) is 9.53 Å². The molecule has 1 fully saturated rings. The summed E-state index contributed by atoms with van der Waals surface area (Å²) in [4.78, 5) is 16.1. The van der Waals surface area contributed by atoms with Gasteiger partial charge in [-0.15, -0.1) is 24.8 Å².